The van der Waals surface area contributed by atoms with Crippen molar-refractivity contribution < 1.29 is 8.42 Å². The summed E-state index contributed by atoms with van der Waals surface area (Å²) < 4.78 is 27.4. The molecule has 3 aromatic rings. The van der Waals surface area contributed by atoms with Gasteiger partial charge in [0.15, 0.2) is 5.13 Å². The highest BCUT2D eigenvalue weighted by molar-refractivity contribution is 7.93. The molecule has 0 aliphatic carbocycles. The topological polar surface area (TPSA) is 114 Å². The Morgan fingerprint density at radius 1 is 1.40 bits per heavy atom. The van der Waals surface area contributed by atoms with Crippen LogP contribution in [0.3, 0.4) is 0 Å². The molecule has 0 aliphatic heterocycles. The van der Waals surface area contributed by atoms with Crippen molar-refractivity contribution in [1.29, 1.82) is 0 Å². The number of thiazole rings is 1. The zero-order valence-electron chi connectivity index (χ0n) is 9.79. The lowest BCUT2D eigenvalue weighted by atomic mass is 10.3. The van der Waals surface area contributed by atoms with Crippen molar-refractivity contribution in [2.24, 2.45) is 0 Å². The molecule has 0 bridgehead atoms. The third-order valence-electron chi connectivity index (χ3n) is 2.49. The molecular weight excluding hydrogens is 322 g/mol. The van der Waals surface area contributed by atoms with Gasteiger partial charge in [-0.3, -0.25) is 9.82 Å². The van der Waals surface area contributed by atoms with E-state index in [-0.39, 0.29) is 15.8 Å². The molecule has 7 nitrogen and oxygen atoms in total. The molecule has 0 amide bonds. The summed E-state index contributed by atoms with van der Waals surface area (Å²) in [6.45, 7) is 0. The van der Waals surface area contributed by atoms with Crippen molar-refractivity contribution in [3.8, 4) is 0 Å². The van der Waals surface area contributed by atoms with E-state index in [2.05, 4.69) is 19.9 Å². The number of fused-ring (bicyclic) bond motifs is 1. The second-order valence-corrected chi connectivity index (χ2v) is 7.00. The number of nitrogens with two attached hydrogens (primary N) is 1. The maximum absolute atomic E-state index is 12.1. The van der Waals surface area contributed by atoms with Crippen LogP contribution in [-0.2, 0) is 10.0 Å². The monoisotopic (exact) mass is 329 g/mol. The molecule has 3 rings (SSSR count). The number of sulfonamides is 1. The Labute approximate surface area is 122 Å². The number of benzene rings is 1. The first kappa shape index (κ1) is 13.2. The Morgan fingerprint density at radius 2 is 2.20 bits per heavy atom. The maximum Gasteiger partial charge on any atom is 0.268 e. The summed E-state index contributed by atoms with van der Waals surface area (Å²) in [7, 11) is -3.81. The van der Waals surface area contributed by atoms with Gasteiger partial charge >= 0.3 is 0 Å². The number of hydrogen-bond donors (Lipinski definition) is 3. The normalized spacial score (nSPS) is 11.8. The van der Waals surface area contributed by atoms with E-state index in [0.29, 0.717) is 10.5 Å². The third-order valence-corrected chi connectivity index (χ3v) is 5.16. The second kappa shape index (κ2) is 4.62. The lowest BCUT2D eigenvalue weighted by molar-refractivity contribution is 0.601. The Balaban J connectivity index is 1.99. The fraction of sp³-hybridized carbons (Fsp3) is 0. The summed E-state index contributed by atoms with van der Waals surface area (Å²) in [4.78, 5) is 4.06. The summed E-state index contributed by atoms with van der Waals surface area (Å²) >= 11 is 7.06. The molecule has 1 aromatic carbocycles. The van der Waals surface area contributed by atoms with Crippen LogP contribution in [-0.4, -0.2) is 23.6 Å². The second-order valence-electron chi connectivity index (χ2n) is 3.88. The summed E-state index contributed by atoms with van der Waals surface area (Å²) in [6, 6.07) is 5.13. The van der Waals surface area contributed by atoms with E-state index in [1.54, 1.807) is 18.2 Å². The van der Waals surface area contributed by atoms with E-state index in [0.717, 1.165) is 10.9 Å². The van der Waals surface area contributed by atoms with Gasteiger partial charge in [-0.25, -0.2) is 13.4 Å². The summed E-state index contributed by atoms with van der Waals surface area (Å²) in [5.74, 6) is -0.0262. The molecule has 0 unspecified atom stereocenters. The van der Waals surface area contributed by atoms with E-state index < -0.39 is 10.0 Å². The third kappa shape index (κ3) is 2.30. The number of nitrogens with zero attached hydrogens (tertiary/aromatic N) is 2. The lowest BCUT2D eigenvalue weighted by Crippen LogP contribution is -2.13. The van der Waals surface area contributed by atoms with Gasteiger partial charge in [0.05, 0.1) is 16.4 Å². The molecular formula is C10H8ClN5O2S2. The van der Waals surface area contributed by atoms with E-state index >= 15 is 0 Å². The van der Waals surface area contributed by atoms with Crippen molar-refractivity contribution in [2.75, 3.05) is 10.5 Å². The van der Waals surface area contributed by atoms with Gasteiger partial charge in [0, 0.05) is 5.02 Å². The van der Waals surface area contributed by atoms with Crippen LogP contribution >= 0.6 is 22.9 Å². The predicted molar refractivity (Wildman–Crippen MR) is 78.4 cm³/mol. The van der Waals surface area contributed by atoms with Crippen LogP contribution in [0.5, 0.6) is 0 Å². The number of anilines is 2. The number of nitrogens with one attached hydrogen (secondary N) is 2. The highest BCUT2D eigenvalue weighted by atomic mass is 35.5. The largest absolute Gasteiger partial charge is 0.383 e. The van der Waals surface area contributed by atoms with Gasteiger partial charge < -0.3 is 5.73 Å². The molecule has 0 saturated carbocycles. The van der Waals surface area contributed by atoms with E-state index in [1.165, 1.54) is 11.3 Å². The highest BCUT2D eigenvalue weighted by Crippen LogP contribution is 2.30. The molecule has 0 radical (unpaired) electrons. The SMILES string of the molecule is Nc1[nH]ncc1S(=O)(=O)Nc1nc2ccc(Cl)cc2s1. The average Bonchev–Trinajstić information content (AvgIpc) is 2.93. The van der Waals surface area contributed by atoms with Gasteiger partial charge in [0.1, 0.15) is 10.7 Å². The zero-order chi connectivity index (χ0) is 14.3. The quantitative estimate of drug-likeness (QED) is 0.680. The molecule has 20 heavy (non-hydrogen) atoms. The van der Waals surface area contributed by atoms with Gasteiger partial charge in [-0.2, -0.15) is 5.10 Å². The Bertz CT molecular complexity index is 886. The summed E-state index contributed by atoms with van der Waals surface area (Å²) in [5, 5.41) is 6.75. The smallest absolute Gasteiger partial charge is 0.268 e. The van der Waals surface area contributed by atoms with Gasteiger partial charge in [0.25, 0.3) is 10.0 Å². The molecule has 4 N–H and O–H groups in total. The van der Waals surface area contributed by atoms with Gasteiger partial charge in [-0.05, 0) is 18.2 Å². The number of aromatic nitrogens is 3. The van der Waals surface area contributed by atoms with Crippen LogP contribution in [0.1, 0.15) is 0 Å². The zero-order valence-corrected chi connectivity index (χ0v) is 12.2. The molecule has 104 valence electrons. The fourth-order valence-electron chi connectivity index (χ4n) is 1.61. The first-order valence-electron chi connectivity index (χ1n) is 5.33. The van der Waals surface area contributed by atoms with Crippen LogP contribution in [0.15, 0.2) is 29.3 Å². The molecule has 2 heterocycles. The van der Waals surface area contributed by atoms with Crippen LogP contribution in [0.4, 0.5) is 10.9 Å². The number of nitrogen functional groups attached to an aromatic ring is 1. The van der Waals surface area contributed by atoms with E-state index in [1.807, 2.05) is 0 Å². The fourth-order valence-corrected chi connectivity index (χ4v) is 4.01. The van der Waals surface area contributed by atoms with Crippen molar-refractivity contribution in [1.82, 2.24) is 15.2 Å². The summed E-state index contributed by atoms with van der Waals surface area (Å²) in [6.07, 6.45) is 1.14. The number of aromatic amines is 1. The molecule has 0 fully saturated rings. The van der Waals surface area contributed by atoms with E-state index in [4.69, 9.17) is 17.3 Å². The molecule has 0 atom stereocenters. The Morgan fingerprint density at radius 3 is 2.90 bits per heavy atom. The minimum absolute atomic E-state index is 0.0262. The number of H-pyrrole nitrogens is 1. The van der Waals surface area contributed by atoms with Crippen molar-refractivity contribution in [3.63, 3.8) is 0 Å². The first-order valence-corrected chi connectivity index (χ1v) is 8.01. The number of halogens is 1. The Kier molecular flexibility index (Phi) is 3.04. The predicted octanol–water partition coefficient (Wildman–Crippen LogP) is 2.06. The van der Waals surface area contributed by atoms with Crippen molar-refractivity contribution in [2.45, 2.75) is 4.90 Å². The summed E-state index contributed by atoms with van der Waals surface area (Å²) in [5.41, 5.74) is 6.17. The minimum Gasteiger partial charge on any atom is -0.383 e. The number of rotatable bonds is 3. The highest BCUT2D eigenvalue weighted by Gasteiger charge is 2.21. The van der Waals surface area contributed by atoms with Crippen molar-refractivity contribution in [3.05, 3.63) is 29.4 Å². The van der Waals surface area contributed by atoms with Gasteiger partial charge in [-0.15, -0.1) is 0 Å². The van der Waals surface area contributed by atoms with Gasteiger partial charge in [0.2, 0.25) is 0 Å². The van der Waals surface area contributed by atoms with Crippen LogP contribution in [0.25, 0.3) is 10.2 Å². The minimum atomic E-state index is -3.81. The molecule has 2 aromatic heterocycles. The molecule has 0 saturated heterocycles. The maximum atomic E-state index is 12.1. The molecule has 0 spiro atoms. The average molecular weight is 330 g/mol. The lowest BCUT2D eigenvalue weighted by Gasteiger charge is -2.02. The van der Waals surface area contributed by atoms with Crippen LogP contribution < -0.4 is 10.5 Å². The van der Waals surface area contributed by atoms with E-state index in [9.17, 15) is 8.42 Å². The van der Waals surface area contributed by atoms with Crippen LogP contribution in [0.2, 0.25) is 5.02 Å². The van der Waals surface area contributed by atoms with Crippen LogP contribution in [0, 0.1) is 0 Å². The standard InChI is InChI=1S/C10H8ClN5O2S2/c11-5-1-2-6-7(3-5)19-10(14-6)16-20(17,18)8-4-13-15-9(8)12/h1-4H,(H,14,16)(H3,12,13,15). The first-order chi connectivity index (χ1) is 9.45. The number of hydrogen-bond acceptors (Lipinski definition) is 6. The van der Waals surface area contributed by atoms with Gasteiger partial charge in [-0.1, -0.05) is 22.9 Å². The molecule has 0 aliphatic rings. The molecule has 10 heteroatoms. The Hall–Kier alpha value is -1.84. The van der Waals surface area contributed by atoms with Crippen molar-refractivity contribution >= 4 is 54.1 Å².